The number of hydrogen-bond acceptors (Lipinski definition) is 7. The van der Waals surface area contributed by atoms with Gasteiger partial charge >= 0.3 is 0 Å². The van der Waals surface area contributed by atoms with Crippen LogP contribution in [0.5, 0.6) is 11.6 Å². The quantitative estimate of drug-likeness (QED) is 0.731. The summed E-state index contributed by atoms with van der Waals surface area (Å²) < 4.78 is 11.7. The molecule has 3 rings (SSSR count). The molecular formula is C20H27N3O4. The summed E-state index contributed by atoms with van der Waals surface area (Å²) in [5, 5.41) is 27.5. The number of aliphatic hydroxyl groups is 2. The second-order valence-corrected chi connectivity index (χ2v) is 7.06. The van der Waals surface area contributed by atoms with Crippen molar-refractivity contribution < 1.29 is 19.7 Å². The molecule has 1 aromatic heterocycles. The first-order chi connectivity index (χ1) is 13.1. The van der Waals surface area contributed by atoms with Crippen LogP contribution in [0.2, 0.25) is 0 Å². The highest BCUT2D eigenvalue weighted by atomic mass is 16.5. The number of benzene rings is 1. The van der Waals surface area contributed by atoms with Crippen LogP contribution in [0.25, 0.3) is 0 Å². The van der Waals surface area contributed by atoms with Crippen molar-refractivity contribution in [1.29, 1.82) is 0 Å². The molecule has 2 atom stereocenters. The molecule has 0 aliphatic carbocycles. The first-order valence-corrected chi connectivity index (χ1v) is 9.29. The van der Waals surface area contributed by atoms with Gasteiger partial charge in [0.25, 0.3) is 0 Å². The van der Waals surface area contributed by atoms with E-state index in [2.05, 4.69) is 24.0 Å². The van der Waals surface area contributed by atoms with E-state index < -0.39 is 6.23 Å². The van der Waals surface area contributed by atoms with E-state index in [0.29, 0.717) is 24.1 Å². The molecule has 1 aromatic carbocycles. The van der Waals surface area contributed by atoms with Gasteiger partial charge in [-0.05, 0) is 36.1 Å². The van der Waals surface area contributed by atoms with Crippen LogP contribution in [0.3, 0.4) is 0 Å². The second-order valence-electron chi connectivity index (χ2n) is 7.06. The third-order valence-corrected chi connectivity index (χ3v) is 4.72. The fraction of sp³-hybridized carbons (Fsp3) is 0.500. The lowest BCUT2D eigenvalue weighted by Gasteiger charge is -2.23. The average Bonchev–Trinajstić information content (AvgIpc) is 3.15. The third kappa shape index (κ3) is 5.15. The molecule has 0 bridgehead atoms. The molecule has 0 saturated carbocycles. The molecule has 2 unspecified atom stereocenters. The van der Waals surface area contributed by atoms with Crippen LogP contribution in [0.4, 0.5) is 0 Å². The Morgan fingerprint density at radius 3 is 2.70 bits per heavy atom. The van der Waals surface area contributed by atoms with Gasteiger partial charge in [-0.1, -0.05) is 26.0 Å². The Morgan fingerprint density at radius 1 is 1.22 bits per heavy atom. The number of nitrogens with zero attached hydrogens (tertiary/aromatic N) is 3. The molecule has 7 nitrogen and oxygen atoms in total. The maximum absolute atomic E-state index is 10.4. The van der Waals surface area contributed by atoms with Crippen LogP contribution in [0.15, 0.2) is 36.5 Å². The number of hydrogen-bond donors (Lipinski definition) is 2. The van der Waals surface area contributed by atoms with Crippen molar-refractivity contribution in [2.75, 3.05) is 19.7 Å². The van der Waals surface area contributed by atoms with Gasteiger partial charge < -0.3 is 19.7 Å². The highest BCUT2D eigenvalue weighted by molar-refractivity contribution is 5.27. The fourth-order valence-electron chi connectivity index (χ4n) is 3.11. The van der Waals surface area contributed by atoms with E-state index in [1.54, 1.807) is 30.5 Å². The summed E-state index contributed by atoms with van der Waals surface area (Å²) in [6.45, 7) is 5.71. The SMILES string of the molecule is CC(C)c1ccnnc1OC1CCN(C(O)COc2ccc(CO)cc2)C1. The van der Waals surface area contributed by atoms with Gasteiger partial charge in [-0.2, -0.15) is 5.10 Å². The highest BCUT2D eigenvalue weighted by Gasteiger charge is 2.29. The average molecular weight is 373 g/mol. The number of rotatable bonds is 8. The number of aromatic nitrogens is 2. The van der Waals surface area contributed by atoms with Crippen molar-refractivity contribution in [3.8, 4) is 11.6 Å². The summed E-state index contributed by atoms with van der Waals surface area (Å²) in [6.07, 6.45) is 1.76. The van der Waals surface area contributed by atoms with Crippen LogP contribution < -0.4 is 9.47 Å². The lowest BCUT2D eigenvalue weighted by molar-refractivity contribution is -0.0191. The standard InChI is InChI=1S/C20H27N3O4/c1-14(2)18-7-9-21-22-20(18)27-17-8-10-23(11-17)19(25)13-26-16-5-3-15(12-24)4-6-16/h3-7,9,14,17,19,24-25H,8,10-13H2,1-2H3. The Kier molecular flexibility index (Phi) is 6.60. The normalized spacial score (nSPS) is 18.6. The van der Waals surface area contributed by atoms with Gasteiger partial charge in [0.15, 0.2) is 0 Å². The van der Waals surface area contributed by atoms with Crippen molar-refractivity contribution in [2.45, 2.75) is 45.1 Å². The molecule has 0 spiro atoms. The number of ether oxygens (including phenoxy) is 2. The first-order valence-electron chi connectivity index (χ1n) is 9.29. The van der Waals surface area contributed by atoms with Crippen molar-refractivity contribution in [2.24, 2.45) is 0 Å². The predicted molar refractivity (Wildman–Crippen MR) is 101 cm³/mol. The molecule has 0 amide bonds. The Labute approximate surface area is 159 Å². The molecule has 27 heavy (non-hydrogen) atoms. The minimum Gasteiger partial charge on any atom is -0.489 e. The molecule has 2 aromatic rings. The van der Waals surface area contributed by atoms with E-state index in [0.717, 1.165) is 24.1 Å². The summed E-state index contributed by atoms with van der Waals surface area (Å²) in [7, 11) is 0. The maximum atomic E-state index is 10.4. The number of aliphatic hydroxyl groups excluding tert-OH is 2. The van der Waals surface area contributed by atoms with Crippen LogP contribution >= 0.6 is 0 Å². The van der Waals surface area contributed by atoms with Crippen molar-refractivity contribution in [3.05, 3.63) is 47.7 Å². The molecule has 1 saturated heterocycles. The first kappa shape index (κ1) is 19.5. The predicted octanol–water partition coefficient (Wildman–Crippen LogP) is 1.94. The highest BCUT2D eigenvalue weighted by Crippen LogP contribution is 2.26. The molecule has 0 radical (unpaired) electrons. The third-order valence-electron chi connectivity index (χ3n) is 4.72. The lowest BCUT2D eigenvalue weighted by Crippen LogP contribution is -2.39. The Bertz CT molecular complexity index is 723. The minimum absolute atomic E-state index is 0.00237. The van der Waals surface area contributed by atoms with Gasteiger partial charge in [0, 0.05) is 18.7 Å². The summed E-state index contributed by atoms with van der Waals surface area (Å²) in [4.78, 5) is 1.94. The van der Waals surface area contributed by atoms with Gasteiger partial charge in [-0.25, -0.2) is 0 Å². The van der Waals surface area contributed by atoms with Crippen LogP contribution in [-0.4, -0.2) is 57.3 Å². The van der Waals surface area contributed by atoms with E-state index in [4.69, 9.17) is 14.6 Å². The molecule has 7 heteroatoms. The van der Waals surface area contributed by atoms with E-state index in [-0.39, 0.29) is 19.3 Å². The second kappa shape index (κ2) is 9.12. The van der Waals surface area contributed by atoms with E-state index in [9.17, 15) is 5.11 Å². The molecule has 2 heterocycles. The van der Waals surface area contributed by atoms with E-state index in [1.807, 2.05) is 11.0 Å². The molecule has 146 valence electrons. The summed E-state index contributed by atoms with van der Waals surface area (Å²) >= 11 is 0. The molecular weight excluding hydrogens is 346 g/mol. The molecule has 2 N–H and O–H groups in total. The monoisotopic (exact) mass is 373 g/mol. The van der Waals surface area contributed by atoms with Gasteiger partial charge in [-0.15, -0.1) is 5.10 Å². The maximum Gasteiger partial charge on any atom is 0.237 e. The number of likely N-dealkylation sites (tertiary alicyclic amines) is 1. The van der Waals surface area contributed by atoms with Gasteiger partial charge in [0.05, 0.1) is 12.8 Å². The Balaban J connectivity index is 1.50. The zero-order chi connectivity index (χ0) is 19.2. The van der Waals surface area contributed by atoms with Crippen LogP contribution in [0, 0.1) is 0 Å². The zero-order valence-electron chi connectivity index (χ0n) is 15.8. The topological polar surface area (TPSA) is 87.9 Å². The Hall–Kier alpha value is -2.22. The molecule has 1 aliphatic heterocycles. The summed E-state index contributed by atoms with van der Waals surface area (Å²) in [5.41, 5.74) is 1.87. The zero-order valence-corrected chi connectivity index (χ0v) is 15.8. The van der Waals surface area contributed by atoms with Crippen LogP contribution in [-0.2, 0) is 6.61 Å². The summed E-state index contributed by atoms with van der Waals surface area (Å²) in [6, 6.07) is 9.11. The van der Waals surface area contributed by atoms with Gasteiger partial charge in [-0.3, -0.25) is 4.90 Å². The van der Waals surface area contributed by atoms with E-state index >= 15 is 0 Å². The lowest BCUT2D eigenvalue weighted by atomic mass is 10.1. The largest absolute Gasteiger partial charge is 0.489 e. The van der Waals surface area contributed by atoms with Gasteiger partial charge in [0.2, 0.25) is 5.88 Å². The molecule has 1 fully saturated rings. The summed E-state index contributed by atoms with van der Waals surface area (Å²) in [5.74, 6) is 1.55. The smallest absolute Gasteiger partial charge is 0.237 e. The molecule has 1 aliphatic rings. The van der Waals surface area contributed by atoms with Gasteiger partial charge in [0.1, 0.15) is 24.7 Å². The Morgan fingerprint density at radius 2 is 2.00 bits per heavy atom. The van der Waals surface area contributed by atoms with Crippen molar-refractivity contribution >= 4 is 0 Å². The minimum atomic E-state index is -0.706. The van der Waals surface area contributed by atoms with Crippen molar-refractivity contribution in [3.63, 3.8) is 0 Å². The van der Waals surface area contributed by atoms with Crippen LogP contribution in [0.1, 0.15) is 37.3 Å². The fourth-order valence-corrected chi connectivity index (χ4v) is 3.11. The van der Waals surface area contributed by atoms with E-state index in [1.165, 1.54) is 0 Å². The van der Waals surface area contributed by atoms with Crippen molar-refractivity contribution in [1.82, 2.24) is 15.1 Å².